The molecule has 2 heterocycles. The number of rotatable bonds is 2. The summed E-state index contributed by atoms with van der Waals surface area (Å²) in [7, 11) is 1.61. The standard InChI is InChI=1S/C9H8F3N5/c1-13-8-14-4-2-7(15-8)17-5-3-6(16-17)9(10,11)12/h2-5H,1H3,(H,13,14,15). The summed E-state index contributed by atoms with van der Waals surface area (Å²) >= 11 is 0. The van der Waals surface area contributed by atoms with Crippen LogP contribution in [0.15, 0.2) is 24.5 Å². The van der Waals surface area contributed by atoms with Gasteiger partial charge in [-0.25, -0.2) is 9.67 Å². The normalized spacial score (nSPS) is 11.5. The van der Waals surface area contributed by atoms with E-state index in [1.165, 1.54) is 18.5 Å². The molecule has 0 amide bonds. The summed E-state index contributed by atoms with van der Waals surface area (Å²) in [6, 6.07) is 2.36. The van der Waals surface area contributed by atoms with Gasteiger partial charge in [-0.1, -0.05) is 0 Å². The number of anilines is 1. The molecule has 1 N–H and O–H groups in total. The zero-order valence-electron chi connectivity index (χ0n) is 8.73. The molecule has 0 aliphatic rings. The van der Waals surface area contributed by atoms with E-state index >= 15 is 0 Å². The van der Waals surface area contributed by atoms with Crippen LogP contribution < -0.4 is 5.32 Å². The van der Waals surface area contributed by atoms with Gasteiger partial charge in [-0.15, -0.1) is 0 Å². The quantitative estimate of drug-likeness (QED) is 0.872. The molecule has 2 aromatic rings. The van der Waals surface area contributed by atoms with Crippen molar-refractivity contribution in [1.82, 2.24) is 19.7 Å². The minimum absolute atomic E-state index is 0.264. The smallest absolute Gasteiger partial charge is 0.357 e. The SMILES string of the molecule is CNc1nccc(-n2ccc(C(F)(F)F)n2)n1. The van der Waals surface area contributed by atoms with E-state index in [1.54, 1.807) is 7.05 Å². The molecule has 0 atom stereocenters. The molecule has 0 saturated heterocycles. The molecule has 0 unspecified atom stereocenters. The van der Waals surface area contributed by atoms with Gasteiger partial charge in [0.2, 0.25) is 5.95 Å². The molecule has 0 aliphatic heterocycles. The fourth-order valence-corrected chi connectivity index (χ4v) is 1.20. The van der Waals surface area contributed by atoms with Crippen LogP contribution in [0, 0.1) is 0 Å². The highest BCUT2D eigenvalue weighted by molar-refractivity contribution is 5.30. The van der Waals surface area contributed by atoms with E-state index < -0.39 is 11.9 Å². The number of nitrogens with zero attached hydrogens (tertiary/aromatic N) is 4. The number of nitrogens with one attached hydrogen (secondary N) is 1. The van der Waals surface area contributed by atoms with Crippen molar-refractivity contribution in [3.8, 4) is 5.82 Å². The molecule has 8 heteroatoms. The second-order valence-electron chi connectivity index (χ2n) is 3.13. The molecule has 5 nitrogen and oxygen atoms in total. The maximum atomic E-state index is 12.3. The minimum Gasteiger partial charge on any atom is -0.357 e. The number of alkyl halides is 3. The first-order chi connectivity index (χ1) is 8.00. The van der Waals surface area contributed by atoms with E-state index in [0.29, 0.717) is 5.95 Å². The Balaban J connectivity index is 2.37. The second kappa shape index (κ2) is 4.04. The largest absolute Gasteiger partial charge is 0.435 e. The van der Waals surface area contributed by atoms with Gasteiger partial charge >= 0.3 is 6.18 Å². The second-order valence-corrected chi connectivity index (χ2v) is 3.13. The third-order valence-corrected chi connectivity index (χ3v) is 1.98. The van der Waals surface area contributed by atoms with Crippen molar-refractivity contribution in [3.63, 3.8) is 0 Å². The zero-order valence-corrected chi connectivity index (χ0v) is 8.73. The van der Waals surface area contributed by atoms with E-state index in [-0.39, 0.29) is 5.82 Å². The summed E-state index contributed by atoms with van der Waals surface area (Å²) < 4.78 is 38.1. The average Bonchev–Trinajstić information content (AvgIpc) is 2.78. The molecule has 0 fully saturated rings. The zero-order chi connectivity index (χ0) is 12.5. The van der Waals surface area contributed by atoms with Crippen LogP contribution >= 0.6 is 0 Å². The van der Waals surface area contributed by atoms with Crippen molar-refractivity contribution in [2.45, 2.75) is 6.18 Å². The predicted octanol–water partition coefficient (Wildman–Crippen LogP) is 1.72. The van der Waals surface area contributed by atoms with Gasteiger partial charge in [-0.2, -0.15) is 23.3 Å². The highest BCUT2D eigenvalue weighted by Crippen LogP contribution is 2.27. The Morgan fingerprint density at radius 1 is 1.29 bits per heavy atom. The molecule has 90 valence electrons. The number of hydrogen-bond donors (Lipinski definition) is 1. The molecule has 0 radical (unpaired) electrons. The molecular formula is C9H8F3N5. The van der Waals surface area contributed by atoms with Gasteiger partial charge < -0.3 is 5.32 Å². The summed E-state index contributed by atoms with van der Waals surface area (Å²) in [6.07, 6.45) is -1.82. The van der Waals surface area contributed by atoms with Gasteiger partial charge in [-0.3, -0.25) is 0 Å². The monoisotopic (exact) mass is 243 g/mol. The van der Waals surface area contributed by atoms with Gasteiger partial charge in [0, 0.05) is 25.5 Å². The van der Waals surface area contributed by atoms with Crippen molar-refractivity contribution in [3.05, 3.63) is 30.2 Å². The number of halogens is 3. The molecule has 2 aromatic heterocycles. The summed E-state index contributed by atoms with van der Waals surface area (Å²) in [5.74, 6) is 0.575. The first kappa shape index (κ1) is 11.4. The lowest BCUT2D eigenvalue weighted by Crippen LogP contribution is -2.08. The van der Waals surface area contributed by atoms with E-state index in [1.807, 2.05) is 0 Å². The van der Waals surface area contributed by atoms with E-state index in [2.05, 4.69) is 20.4 Å². The summed E-state index contributed by atoms with van der Waals surface area (Å²) in [5.41, 5.74) is -0.956. The van der Waals surface area contributed by atoms with Crippen LogP contribution in [0.4, 0.5) is 19.1 Å². The Hall–Kier alpha value is -2.12. The number of hydrogen-bond acceptors (Lipinski definition) is 4. The maximum Gasteiger partial charge on any atom is 0.435 e. The van der Waals surface area contributed by atoms with Gasteiger partial charge in [0.05, 0.1) is 0 Å². The van der Waals surface area contributed by atoms with Crippen LogP contribution in [0.1, 0.15) is 5.69 Å². The van der Waals surface area contributed by atoms with Crippen molar-refractivity contribution in [1.29, 1.82) is 0 Å². The lowest BCUT2D eigenvalue weighted by molar-refractivity contribution is -0.141. The molecule has 0 spiro atoms. The molecular weight excluding hydrogens is 235 g/mol. The van der Waals surface area contributed by atoms with Crippen LogP contribution in [0.3, 0.4) is 0 Å². The fourth-order valence-electron chi connectivity index (χ4n) is 1.20. The third kappa shape index (κ3) is 2.35. The Labute approximate surface area is 94.3 Å². The lowest BCUT2D eigenvalue weighted by atomic mass is 10.4. The molecule has 0 aliphatic carbocycles. The van der Waals surface area contributed by atoms with Crippen molar-refractivity contribution < 1.29 is 13.2 Å². The first-order valence-corrected chi connectivity index (χ1v) is 4.65. The van der Waals surface area contributed by atoms with Gasteiger partial charge in [-0.05, 0) is 6.07 Å². The van der Waals surface area contributed by atoms with Crippen LogP contribution in [0.25, 0.3) is 5.82 Å². The van der Waals surface area contributed by atoms with Crippen LogP contribution in [-0.2, 0) is 6.18 Å². The van der Waals surface area contributed by atoms with Crippen molar-refractivity contribution >= 4 is 5.95 Å². The molecule has 0 aromatic carbocycles. The summed E-state index contributed by atoms with van der Waals surface area (Å²) in [5, 5.41) is 6.09. The first-order valence-electron chi connectivity index (χ1n) is 4.65. The van der Waals surface area contributed by atoms with Gasteiger partial charge in [0.1, 0.15) is 0 Å². The Bertz CT molecular complexity index is 519. The van der Waals surface area contributed by atoms with Crippen LogP contribution in [0.2, 0.25) is 0 Å². The summed E-state index contributed by atoms with van der Waals surface area (Å²) in [6.45, 7) is 0. The Morgan fingerprint density at radius 3 is 2.65 bits per heavy atom. The van der Waals surface area contributed by atoms with E-state index in [9.17, 15) is 13.2 Å². The molecule has 17 heavy (non-hydrogen) atoms. The Morgan fingerprint density at radius 2 is 2.06 bits per heavy atom. The molecule has 2 rings (SSSR count). The highest BCUT2D eigenvalue weighted by atomic mass is 19.4. The molecule has 0 saturated carbocycles. The Kier molecular flexibility index (Phi) is 2.70. The topological polar surface area (TPSA) is 55.6 Å². The predicted molar refractivity (Wildman–Crippen MR) is 53.7 cm³/mol. The molecule has 0 bridgehead atoms. The van der Waals surface area contributed by atoms with Gasteiger partial charge in [0.15, 0.2) is 11.5 Å². The van der Waals surface area contributed by atoms with Crippen molar-refractivity contribution in [2.24, 2.45) is 0 Å². The summed E-state index contributed by atoms with van der Waals surface area (Å²) in [4.78, 5) is 7.82. The van der Waals surface area contributed by atoms with E-state index in [4.69, 9.17) is 0 Å². The number of aromatic nitrogens is 4. The minimum atomic E-state index is -4.45. The average molecular weight is 243 g/mol. The third-order valence-electron chi connectivity index (χ3n) is 1.98. The van der Waals surface area contributed by atoms with E-state index in [0.717, 1.165) is 10.7 Å². The van der Waals surface area contributed by atoms with Crippen molar-refractivity contribution in [2.75, 3.05) is 12.4 Å². The maximum absolute atomic E-state index is 12.3. The fraction of sp³-hybridized carbons (Fsp3) is 0.222. The lowest BCUT2D eigenvalue weighted by Gasteiger charge is -2.03. The van der Waals surface area contributed by atoms with Gasteiger partial charge in [0.25, 0.3) is 0 Å². The van der Waals surface area contributed by atoms with Crippen LogP contribution in [0.5, 0.6) is 0 Å². The van der Waals surface area contributed by atoms with Crippen LogP contribution in [-0.4, -0.2) is 26.8 Å². The highest BCUT2D eigenvalue weighted by Gasteiger charge is 2.33.